The minimum absolute atomic E-state index is 0.0928. The van der Waals surface area contributed by atoms with Gasteiger partial charge in [-0.25, -0.2) is 9.18 Å². The average Bonchev–Trinajstić information content (AvgIpc) is 2.08. The Balaban J connectivity index is 2.75. The first kappa shape index (κ1) is 9.67. The number of rotatable bonds is 2. The molecule has 4 heteroatoms. The SMILES string of the molecule is CC(N)C(=O)Oc1ccccc1F. The van der Waals surface area contributed by atoms with E-state index in [1.807, 2.05) is 0 Å². The van der Waals surface area contributed by atoms with Gasteiger partial charge in [0.05, 0.1) is 0 Å². The lowest BCUT2D eigenvalue weighted by Gasteiger charge is -2.06. The first-order chi connectivity index (χ1) is 6.11. The fourth-order valence-electron chi connectivity index (χ4n) is 0.729. The van der Waals surface area contributed by atoms with Gasteiger partial charge < -0.3 is 10.5 Å². The van der Waals surface area contributed by atoms with Crippen molar-refractivity contribution in [1.82, 2.24) is 0 Å². The molecule has 0 aromatic heterocycles. The summed E-state index contributed by atoms with van der Waals surface area (Å²) in [5, 5.41) is 0. The molecule has 0 radical (unpaired) electrons. The molecule has 0 aliphatic heterocycles. The van der Waals surface area contributed by atoms with Gasteiger partial charge in [0.15, 0.2) is 11.6 Å². The lowest BCUT2D eigenvalue weighted by molar-refractivity contribution is -0.135. The number of para-hydroxylation sites is 1. The van der Waals surface area contributed by atoms with Gasteiger partial charge in [0, 0.05) is 0 Å². The fraction of sp³-hybridized carbons (Fsp3) is 0.222. The summed E-state index contributed by atoms with van der Waals surface area (Å²) in [7, 11) is 0. The van der Waals surface area contributed by atoms with Crippen LogP contribution in [-0.4, -0.2) is 12.0 Å². The van der Waals surface area contributed by atoms with E-state index in [-0.39, 0.29) is 5.75 Å². The lowest BCUT2D eigenvalue weighted by atomic mass is 10.3. The van der Waals surface area contributed by atoms with Gasteiger partial charge in [0.1, 0.15) is 6.04 Å². The van der Waals surface area contributed by atoms with Crippen LogP contribution in [-0.2, 0) is 4.79 Å². The van der Waals surface area contributed by atoms with Gasteiger partial charge >= 0.3 is 5.97 Å². The molecule has 0 amide bonds. The van der Waals surface area contributed by atoms with Crippen LogP contribution in [0.3, 0.4) is 0 Å². The maximum atomic E-state index is 12.9. The van der Waals surface area contributed by atoms with Gasteiger partial charge in [-0.3, -0.25) is 0 Å². The van der Waals surface area contributed by atoms with Crippen molar-refractivity contribution in [3.63, 3.8) is 0 Å². The predicted molar refractivity (Wildman–Crippen MR) is 45.7 cm³/mol. The van der Waals surface area contributed by atoms with E-state index in [1.54, 1.807) is 6.07 Å². The van der Waals surface area contributed by atoms with E-state index < -0.39 is 17.8 Å². The summed E-state index contributed by atoms with van der Waals surface area (Å²) in [6, 6.07) is 4.92. The summed E-state index contributed by atoms with van der Waals surface area (Å²) < 4.78 is 17.6. The summed E-state index contributed by atoms with van der Waals surface area (Å²) in [4.78, 5) is 11.0. The molecule has 0 aliphatic rings. The predicted octanol–water partition coefficient (Wildman–Crippen LogP) is 1.08. The van der Waals surface area contributed by atoms with E-state index in [4.69, 9.17) is 5.73 Å². The van der Waals surface area contributed by atoms with Crippen LogP contribution >= 0.6 is 0 Å². The molecule has 1 unspecified atom stereocenters. The maximum absolute atomic E-state index is 12.9. The second-order valence-electron chi connectivity index (χ2n) is 2.64. The van der Waals surface area contributed by atoms with Crippen molar-refractivity contribution in [3.05, 3.63) is 30.1 Å². The highest BCUT2D eigenvalue weighted by atomic mass is 19.1. The molecule has 70 valence electrons. The second kappa shape index (κ2) is 4.00. The molecule has 2 N–H and O–H groups in total. The van der Waals surface area contributed by atoms with Crippen molar-refractivity contribution in [2.45, 2.75) is 13.0 Å². The van der Waals surface area contributed by atoms with Crippen LogP contribution in [0.1, 0.15) is 6.92 Å². The number of esters is 1. The maximum Gasteiger partial charge on any atom is 0.328 e. The Labute approximate surface area is 75.3 Å². The quantitative estimate of drug-likeness (QED) is 0.551. The third-order valence-electron chi connectivity index (χ3n) is 1.42. The number of ether oxygens (including phenoxy) is 1. The minimum Gasteiger partial charge on any atom is -0.422 e. The normalized spacial score (nSPS) is 12.2. The Bertz CT molecular complexity index is 312. The number of carbonyl (C=O) groups is 1. The lowest BCUT2D eigenvalue weighted by Crippen LogP contribution is -2.31. The van der Waals surface area contributed by atoms with Crippen molar-refractivity contribution < 1.29 is 13.9 Å². The van der Waals surface area contributed by atoms with E-state index in [9.17, 15) is 9.18 Å². The molecular weight excluding hydrogens is 173 g/mol. The minimum atomic E-state index is -0.750. The summed E-state index contributed by atoms with van der Waals surface area (Å²) >= 11 is 0. The second-order valence-corrected chi connectivity index (χ2v) is 2.64. The number of halogens is 1. The zero-order valence-corrected chi connectivity index (χ0v) is 7.16. The molecule has 0 saturated carbocycles. The third-order valence-corrected chi connectivity index (χ3v) is 1.42. The van der Waals surface area contributed by atoms with Crippen LogP contribution < -0.4 is 10.5 Å². The fourth-order valence-corrected chi connectivity index (χ4v) is 0.729. The molecule has 1 aromatic rings. The van der Waals surface area contributed by atoms with Gasteiger partial charge in [-0.15, -0.1) is 0 Å². The standard InChI is InChI=1S/C9H10FNO2/c1-6(11)9(12)13-8-5-3-2-4-7(8)10/h2-6H,11H2,1H3. The van der Waals surface area contributed by atoms with Crippen molar-refractivity contribution in [3.8, 4) is 5.75 Å². The van der Waals surface area contributed by atoms with Gasteiger partial charge in [-0.2, -0.15) is 0 Å². The monoisotopic (exact) mass is 183 g/mol. The van der Waals surface area contributed by atoms with E-state index in [1.165, 1.54) is 25.1 Å². The third kappa shape index (κ3) is 2.52. The van der Waals surface area contributed by atoms with Gasteiger partial charge in [-0.1, -0.05) is 12.1 Å². The molecule has 13 heavy (non-hydrogen) atoms. The Morgan fingerprint density at radius 1 is 1.54 bits per heavy atom. The zero-order chi connectivity index (χ0) is 9.84. The molecule has 1 atom stereocenters. The Morgan fingerprint density at radius 2 is 2.15 bits per heavy atom. The summed E-state index contributed by atoms with van der Waals surface area (Å²) in [5.74, 6) is -1.31. The van der Waals surface area contributed by atoms with Gasteiger partial charge in [0.2, 0.25) is 0 Å². The topological polar surface area (TPSA) is 52.3 Å². The van der Waals surface area contributed by atoms with Gasteiger partial charge in [-0.05, 0) is 19.1 Å². The Morgan fingerprint density at radius 3 is 2.69 bits per heavy atom. The molecule has 0 fully saturated rings. The number of carbonyl (C=O) groups excluding carboxylic acids is 1. The van der Waals surface area contributed by atoms with Crippen LogP contribution in [0.15, 0.2) is 24.3 Å². The van der Waals surface area contributed by atoms with E-state index in [0.717, 1.165) is 0 Å². The van der Waals surface area contributed by atoms with E-state index in [2.05, 4.69) is 4.74 Å². The highest BCUT2D eigenvalue weighted by molar-refractivity contribution is 5.77. The van der Waals surface area contributed by atoms with E-state index >= 15 is 0 Å². The van der Waals surface area contributed by atoms with Gasteiger partial charge in [0.25, 0.3) is 0 Å². The zero-order valence-electron chi connectivity index (χ0n) is 7.16. The molecule has 0 aliphatic carbocycles. The van der Waals surface area contributed by atoms with Crippen LogP contribution in [0.4, 0.5) is 4.39 Å². The van der Waals surface area contributed by atoms with Crippen LogP contribution in [0.25, 0.3) is 0 Å². The number of nitrogens with two attached hydrogens (primary N) is 1. The molecule has 0 spiro atoms. The number of hydrogen-bond acceptors (Lipinski definition) is 3. The summed E-state index contributed by atoms with van der Waals surface area (Å²) in [6.45, 7) is 1.48. The first-order valence-corrected chi connectivity index (χ1v) is 3.83. The highest BCUT2D eigenvalue weighted by Crippen LogP contribution is 2.15. The molecule has 0 bridgehead atoms. The van der Waals surface area contributed by atoms with Crippen LogP contribution in [0.2, 0.25) is 0 Å². The molecule has 3 nitrogen and oxygen atoms in total. The number of benzene rings is 1. The molecule has 0 heterocycles. The van der Waals surface area contributed by atoms with Crippen LogP contribution in [0.5, 0.6) is 5.75 Å². The molecule has 0 saturated heterocycles. The Hall–Kier alpha value is -1.42. The van der Waals surface area contributed by atoms with E-state index in [0.29, 0.717) is 0 Å². The summed E-state index contributed by atoms with van der Waals surface area (Å²) in [5.41, 5.74) is 5.24. The Kier molecular flexibility index (Phi) is 2.97. The molecular formula is C9H10FNO2. The van der Waals surface area contributed by atoms with Crippen LogP contribution in [0, 0.1) is 5.82 Å². The molecule has 1 aromatic carbocycles. The largest absolute Gasteiger partial charge is 0.422 e. The average molecular weight is 183 g/mol. The first-order valence-electron chi connectivity index (χ1n) is 3.83. The highest BCUT2D eigenvalue weighted by Gasteiger charge is 2.12. The van der Waals surface area contributed by atoms with Crippen molar-refractivity contribution in [1.29, 1.82) is 0 Å². The smallest absolute Gasteiger partial charge is 0.328 e. The van der Waals surface area contributed by atoms with Crippen molar-refractivity contribution in [2.75, 3.05) is 0 Å². The molecule has 1 rings (SSSR count). The van der Waals surface area contributed by atoms with Crippen molar-refractivity contribution in [2.24, 2.45) is 5.73 Å². The summed E-state index contributed by atoms with van der Waals surface area (Å²) in [6.07, 6.45) is 0. The number of hydrogen-bond donors (Lipinski definition) is 1. The van der Waals surface area contributed by atoms with Crippen molar-refractivity contribution >= 4 is 5.97 Å².